The van der Waals surface area contributed by atoms with Gasteiger partial charge in [0.25, 0.3) is 5.91 Å². The van der Waals surface area contributed by atoms with Gasteiger partial charge in [-0.15, -0.1) is 0 Å². The fourth-order valence-corrected chi connectivity index (χ4v) is 2.16. The van der Waals surface area contributed by atoms with E-state index in [1.807, 2.05) is 13.8 Å². The summed E-state index contributed by atoms with van der Waals surface area (Å²) in [6.07, 6.45) is 0. The Morgan fingerprint density at radius 1 is 1.32 bits per heavy atom. The first kappa shape index (κ1) is 13.4. The fourth-order valence-electron chi connectivity index (χ4n) is 1.59. The first-order valence-corrected chi connectivity index (χ1v) is 6.70. The summed E-state index contributed by atoms with van der Waals surface area (Å²) in [5, 5.41) is 6.32. The number of hydrogen-bond donors (Lipinski definition) is 2. The van der Waals surface area contributed by atoms with Crippen LogP contribution in [0.4, 0.5) is 10.9 Å². The molecule has 2 heterocycles. The smallest absolute Gasteiger partial charge is 0.257 e. The molecular weight excluding hydrogens is 262 g/mol. The maximum atomic E-state index is 12.1. The van der Waals surface area contributed by atoms with Gasteiger partial charge in [0.2, 0.25) is 5.13 Å². The normalized spacial score (nSPS) is 10.3. The number of carbonyl (C=O) groups is 1. The minimum absolute atomic E-state index is 0.208. The molecule has 2 N–H and O–H groups in total. The highest BCUT2D eigenvalue weighted by molar-refractivity contribution is 7.09. The molecule has 0 saturated heterocycles. The Labute approximate surface area is 115 Å². The number of amides is 1. The molecule has 7 heteroatoms. The van der Waals surface area contributed by atoms with Crippen molar-refractivity contribution < 1.29 is 4.79 Å². The highest BCUT2D eigenvalue weighted by atomic mass is 32.1. The molecular formula is C12H15N5OS. The van der Waals surface area contributed by atoms with Crippen molar-refractivity contribution in [3.63, 3.8) is 0 Å². The van der Waals surface area contributed by atoms with E-state index in [4.69, 9.17) is 0 Å². The Morgan fingerprint density at radius 2 is 2.11 bits per heavy atom. The monoisotopic (exact) mass is 277 g/mol. The minimum atomic E-state index is -0.208. The Kier molecular flexibility index (Phi) is 4.06. The van der Waals surface area contributed by atoms with E-state index in [9.17, 15) is 4.79 Å². The van der Waals surface area contributed by atoms with Gasteiger partial charge >= 0.3 is 0 Å². The lowest BCUT2D eigenvalue weighted by molar-refractivity contribution is 0.102. The summed E-state index contributed by atoms with van der Waals surface area (Å²) in [6.45, 7) is 6.37. The Morgan fingerprint density at radius 3 is 2.74 bits per heavy atom. The molecule has 100 valence electrons. The summed E-state index contributed by atoms with van der Waals surface area (Å²) in [6, 6.07) is 3.46. The van der Waals surface area contributed by atoms with Gasteiger partial charge in [0.15, 0.2) is 0 Å². The van der Waals surface area contributed by atoms with Gasteiger partial charge in [-0.25, -0.2) is 9.97 Å². The predicted molar refractivity (Wildman–Crippen MR) is 75.7 cm³/mol. The van der Waals surface area contributed by atoms with Gasteiger partial charge in [-0.2, -0.15) is 4.37 Å². The Bertz CT molecular complexity index is 596. The average Bonchev–Trinajstić information content (AvgIpc) is 2.74. The molecule has 6 nitrogen and oxygen atoms in total. The van der Waals surface area contributed by atoms with Gasteiger partial charge < -0.3 is 5.32 Å². The van der Waals surface area contributed by atoms with Crippen LogP contribution in [0.5, 0.6) is 0 Å². The standard InChI is InChI=1S/C12H15N5OS/c1-4-13-10-6-9(5-7(2)14-10)11(18)16-12-15-8(3)17-19-12/h5-6H,4H2,1-3H3,(H,13,14)(H,15,16,17,18). The van der Waals surface area contributed by atoms with Crippen LogP contribution < -0.4 is 10.6 Å². The third kappa shape index (κ3) is 3.47. The van der Waals surface area contributed by atoms with Gasteiger partial charge in [-0.3, -0.25) is 10.1 Å². The molecule has 0 aromatic carbocycles. The number of anilines is 2. The van der Waals surface area contributed by atoms with E-state index < -0.39 is 0 Å². The van der Waals surface area contributed by atoms with Gasteiger partial charge in [-0.1, -0.05) is 0 Å². The van der Waals surface area contributed by atoms with Crippen LogP contribution in [-0.2, 0) is 0 Å². The molecule has 0 radical (unpaired) electrons. The highest BCUT2D eigenvalue weighted by Crippen LogP contribution is 2.14. The molecule has 0 saturated carbocycles. The topological polar surface area (TPSA) is 79.8 Å². The Balaban J connectivity index is 2.18. The van der Waals surface area contributed by atoms with Gasteiger partial charge in [0, 0.05) is 29.3 Å². The SMILES string of the molecule is CCNc1cc(C(=O)Nc2nc(C)ns2)cc(C)n1. The molecule has 19 heavy (non-hydrogen) atoms. The van der Waals surface area contributed by atoms with Crippen molar-refractivity contribution in [3.05, 3.63) is 29.2 Å². The molecule has 0 aliphatic rings. The number of hydrogen-bond acceptors (Lipinski definition) is 6. The van der Waals surface area contributed by atoms with Crippen molar-refractivity contribution in [2.45, 2.75) is 20.8 Å². The molecule has 0 atom stereocenters. The second-order valence-electron chi connectivity index (χ2n) is 4.01. The van der Waals surface area contributed by atoms with Crippen LogP contribution in [-0.4, -0.2) is 26.8 Å². The average molecular weight is 277 g/mol. The minimum Gasteiger partial charge on any atom is -0.370 e. The van der Waals surface area contributed by atoms with Crippen LogP contribution in [0.15, 0.2) is 12.1 Å². The number of nitrogens with zero attached hydrogens (tertiary/aromatic N) is 3. The van der Waals surface area contributed by atoms with E-state index in [0.29, 0.717) is 22.3 Å². The van der Waals surface area contributed by atoms with Crippen LogP contribution in [0.1, 0.15) is 28.8 Å². The van der Waals surface area contributed by atoms with E-state index >= 15 is 0 Å². The first-order chi connectivity index (χ1) is 9.08. The fraction of sp³-hybridized carbons (Fsp3) is 0.333. The highest BCUT2D eigenvalue weighted by Gasteiger charge is 2.11. The number of aromatic nitrogens is 3. The Hall–Kier alpha value is -2.02. The van der Waals surface area contributed by atoms with E-state index in [1.54, 1.807) is 19.1 Å². The summed E-state index contributed by atoms with van der Waals surface area (Å²) in [4.78, 5) is 20.5. The molecule has 0 aliphatic heterocycles. The van der Waals surface area contributed by atoms with E-state index in [-0.39, 0.29) is 5.91 Å². The molecule has 2 rings (SSSR count). The third-order valence-electron chi connectivity index (χ3n) is 2.32. The first-order valence-electron chi connectivity index (χ1n) is 5.92. The zero-order valence-corrected chi connectivity index (χ0v) is 11.8. The summed E-state index contributed by atoms with van der Waals surface area (Å²) in [5.74, 6) is 1.14. The van der Waals surface area contributed by atoms with Crippen molar-refractivity contribution >= 4 is 28.4 Å². The van der Waals surface area contributed by atoms with E-state index in [1.165, 1.54) is 11.5 Å². The van der Waals surface area contributed by atoms with Crippen molar-refractivity contribution in [1.29, 1.82) is 0 Å². The summed E-state index contributed by atoms with van der Waals surface area (Å²) in [5.41, 5.74) is 1.34. The summed E-state index contributed by atoms with van der Waals surface area (Å²) >= 11 is 1.17. The predicted octanol–water partition coefficient (Wildman–Crippen LogP) is 2.23. The molecule has 0 fully saturated rings. The third-order valence-corrected chi connectivity index (χ3v) is 3.04. The van der Waals surface area contributed by atoms with Gasteiger partial charge in [0.05, 0.1) is 0 Å². The second-order valence-corrected chi connectivity index (χ2v) is 4.77. The number of nitrogens with one attached hydrogen (secondary N) is 2. The number of rotatable bonds is 4. The molecule has 0 aliphatic carbocycles. The van der Waals surface area contributed by atoms with Crippen molar-refractivity contribution in [2.24, 2.45) is 0 Å². The van der Waals surface area contributed by atoms with Crippen molar-refractivity contribution in [2.75, 3.05) is 17.2 Å². The molecule has 2 aromatic heterocycles. The van der Waals surface area contributed by atoms with Crippen LogP contribution in [0.2, 0.25) is 0 Å². The zero-order valence-electron chi connectivity index (χ0n) is 11.0. The maximum absolute atomic E-state index is 12.1. The molecule has 0 spiro atoms. The molecule has 0 bridgehead atoms. The number of carbonyl (C=O) groups excluding carboxylic acids is 1. The number of pyridine rings is 1. The van der Waals surface area contributed by atoms with Crippen LogP contribution in [0, 0.1) is 13.8 Å². The molecule has 2 aromatic rings. The molecule has 1 amide bonds. The lowest BCUT2D eigenvalue weighted by Gasteiger charge is -2.07. The van der Waals surface area contributed by atoms with Crippen LogP contribution >= 0.6 is 11.5 Å². The summed E-state index contributed by atoms with van der Waals surface area (Å²) < 4.78 is 4.02. The van der Waals surface area contributed by atoms with Crippen molar-refractivity contribution in [3.8, 4) is 0 Å². The van der Waals surface area contributed by atoms with Crippen LogP contribution in [0.25, 0.3) is 0 Å². The van der Waals surface area contributed by atoms with Crippen LogP contribution in [0.3, 0.4) is 0 Å². The quantitative estimate of drug-likeness (QED) is 0.896. The zero-order chi connectivity index (χ0) is 13.8. The largest absolute Gasteiger partial charge is 0.370 e. The molecule has 0 unspecified atom stereocenters. The lowest BCUT2D eigenvalue weighted by Crippen LogP contribution is -2.13. The second kappa shape index (κ2) is 5.75. The van der Waals surface area contributed by atoms with Gasteiger partial charge in [-0.05, 0) is 32.9 Å². The lowest BCUT2D eigenvalue weighted by atomic mass is 10.2. The number of aryl methyl sites for hydroxylation is 2. The van der Waals surface area contributed by atoms with E-state index in [2.05, 4.69) is 25.0 Å². The van der Waals surface area contributed by atoms with E-state index in [0.717, 1.165) is 12.2 Å². The maximum Gasteiger partial charge on any atom is 0.257 e. The summed E-state index contributed by atoms with van der Waals surface area (Å²) in [7, 11) is 0. The van der Waals surface area contributed by atoms with Crippen molar-refractivity contribution in [1.82, 2.24) is 14.3 Å². The van der Waals surface area contributed by atoms with Gasteiger partial charge in [0.1, 0.15) is 11.6 Å².